The predicted molar refractivity (Wildman–Crippen MR) is 123 cm³/mol. The Morgan fingerprint density at radius 2 is 1.84 bits per heavy atom. The molecule has 0 saturated heterocycles. The minimum atomic E-state index is -0.677. The predicted octanol–water partition coefficient (Wildman–Crippen LogP) is 3.44. The van der Waals surface area contributed by atoms with Gasteiger partial charge in [0.25, 0.3) is 5.56 Å². The average molecular weight is 481 g/mol. The number of likely N-dealkylation sites (N-methyl/N-ethyl adjacent to an activating group) is 1. The Balaban J connectivity index is 1.78. The van der Waals surface area contributed by atoms with Gasteiger partial charge >= 0.3 is 5.69 Å². The lowest BCUT2D eigenvalue weighted by Crippen LogP contribution is -2.41. The summed E-state index contributed by atoms with van der Waals surface area (Å²) in [6.07, 6.45) is 0.842. The standard InChI is InChI=1S/C23H21BrN4O3/c1-2-27-12-11-16-15-5-3-4-6-17(15)25-19(16)20(27)18-21(29)26-23(31)28(22(18)30)14-9-7-13(24)8-10-14/h3-10,20,25,30H,2,11-12H2,1H3,(H,26,29,31)/t20-/m1/s1. The first-order valence-electron chi connectivity index (χ1n) is 10.2. The van der Waals surface area contributed by atoms with Crippen molar-refractivity contribution in [1.82, 2.24) is 19.4 Å². The maximum atomic E-state index is 13.0. The van der Waals surface area contributed by atoms with Crippen molar-refractivity contribution < 1.29 is 5.11 Å². The number of fused-ring (bicyclic) bond motifs is 3. The molecular weight excluding hydrogens is 460 g/mol. The molecule has 7 nitrogen and oxygen atoms in total. The number of rotatable bonds is 3. The summed E-state index contributed by atoms with van der Waals surface area (Å²) in [4.78, 5) is 33.7. The number of para-hydroxylation sites is 1. The van der Waals surface area contributed by atoms with E-state index < -0.39 is 17.3 Å². The van der Waals surface area contributed by atoms with Crippen LogP contribution in [-0.4, -0.2) is 37.6 Å². The number of aromatic hydroxyl groups is 1. The number of halogens is 1. The zero-order chi connectivity index (χ0) is 21.7. The first kappa shape index (κ1) is 19.8. The van der Waals surface area contributed by atoms with E-state index >= 15 is 0 Å². The molecule has 158 valence electrons. The molecule has 0 bridgehead atoms. The van der Waals surface area contributed by atoms with Gasteiger partial charge in [0.15, 0.2) is 0 Å². The molecule has 2 aromatic carbocycles. The second-order valence-corrected chi connectivity index (χ2v) is 8.57. The van der Waals surface area contributed by atoms with E-state index in [4.69, 9.17) is 0 Å². The lowest BCUT2D eigenvalue weighted by atomic mass is 9.93. The maximum absolute atomic E-state index is 13.0. The fraction of sp³-hybridized carbons (Fsp3) is 0.217. The molecule has 0 radical (unpaired) electrons. The number of benzene rings is 2. The number of H-pyrrole nitrogens is 2. The fourth-order valence-electron chi connectivity index (χ4n) is 4.57. The normalized spacial score (nSPS) is 16.5. The van der Waals surface area contributed by atoms with E-state index in [1.165, 1.54) is 0 Å². The van der Waals surface area contributed by atoms with E-state index in [1.807, 2.05) is 25.1 Å². The van der Waals surface area contributed by atoms with Crippen molar-refractivity contribution >= 4 is 26.8 Å². The van der Waals surface area contributed by atoms with Crippen molar-refractivity contribution in [2.75, 3.05) is 13.1 Å². The molecule has 1 atom stereocenters. The quantitative estimate of drug-likeness (QED) is 0.418. The minimum absolute atomic E-state index is 0.164. The maximum Gasteiger partial charge on any atom is 0.335 e. The van der Waals surface area contributed by atoms with Gasteiger partial charge in [-0.15, -0.1) is 0 Å². The molecule has 0 spiro atoms. The molecule has 0 unspecified atom stereocenters. The number of nitrogens with zero attached hydrogens (tertiary/aromatic N) is 2. The van der Waals surface area contributed by atoms with Gasteiger partial charge in [0.2, 0.25) is 5.88 Å². The van der Waals surface area contributed by atoms with Gasteiger partial charge in [-0.2, -0.15) is 0 Å². The van der Waals surface area contributed by atoms with E-state index in [0.717, 1.165) is 44.2 Å². The van der Waals surface area contributed by atoms with Crippen molar-refractivity contribution in [3.05, 3.63) is 90.7 Å². The Morgan fingerprint density at radius 3 is 2.58 bits per heavy atom. The van der Waals surface area contributed by atoms with Gasteiger partial charge in [-0.1, -0.05) is 41.1 Å². The van der Waals surface area contributed by atoms with Gasteiger partial charge in [0, 0.05) is 27.6 Å². The highest BCUT2D eigenvalue weighted by Crippen LogP contribution is 2.39. The Bertz CT molecular complexity index is 1400. The molecule has 0 saturated carbocycles. The van der Waals surface area contributed by atoms with Crippen LogP contribution in [0.4, 0.5) is 0 Å². The van der Waals surface area contributed by atoms with E-state index in [2.05, 4.69) is 36.9 Å². The minimum Gasteiger partial charge on any atom is -0.494 e. The lowest BCUT2D eigenvalue weighted by molar-refractivity contribution is 0.215. The molecule has 1 aliphatic heterocycles. The molecule has 0 fully saturated rings. The van der Waals surface area contributed by atoms with Crippen LogP contribution < -0.4 is 11.2 Å². The average Bonchev–Trinajstić information content (AvgIpc) is 3.14. The van der Waals surface area contributed by atoms with Crippen molar-refractivity contribution in [3.8, 4) is 11.6 Å². The summed E-state index contributed by atoms with van der Waals surface area (Å²) in [6.45, 7) is 3.46. The van der Waals surface area contributed by atoms with Crippen molar-refractivity contribution in [2.24, 2.45) is 0 Å². The van der Waals surface area contributed by atoms with Crippen LogP contribution in [-0.2, 0) is 6.42 Å². The zero-order valence-electron chi connectivity index (χ0n) is 16.9. The number of nitrogens with one attached hydrogen (secondary N) is 2. The van der Waals surface area contributed by atoms with E-state index in [9.17, 15) is 14.7 Å². The monoisotopic (exact) mass is 480 g/mol. The topological polar surface area (TPSA) is 94.1 Å². The molecule has 4 aromatic rings. The second kappa shape index (κ2) is 7.55. The first-order valence-corrected chi connectivity index (χ1v) is 11.0. The molecule has 8 heteroatoms. The summed E-state index contributed by atoms with van der Waals surface area (Å²) in [6, 6.07) is 14.5. The Kier molecular flexibility index (Phi) is 4.83. The Hall–Kier alpha value is -3.10. The van der Waals surface area contributed by atoms with E-state index in [-0.39, 0.29) is 11.4 Å². The molecule has 3 heterocycles. The van der Waals surface area contributed by atoms with Crippen LogP contribution >= 0.6 is 15.9 Å². The van der Waals surface area contributed by atoms with Gasteiger partial charge in [-0.3, -0.25) is 14.7 Å². The summed E-state index contributed by atoms with van der Waals surface area (Å²) in [5.74, 6) is -0.342. The van der Waals surface area contributed by atoms with Gasteiger partial charge in [0.1, 0.15) is 5.56 Å². The highest BCUT2D eigenvalue weighted by Gasteiger charge is 2.35. The van der Waals surface area contributed by atoms with Crippen molar-refractivity contribution in [3.63, 3.8) is 0 Å². The van der Waals surface area contributed by atoms with Crippen LogP contribution in [0.3, 0.4) is 0 Å². The third-order valence-corrected chi connectivity index (χ3v) is 6.55. The van der Waals surface area contributed by atoms with E-state index in [1.54, 1.807) is 24.3 Å². The van der Waals surface area contributed by atoms with Crippen LogP contribution in [0.2, 0.25) is 0 Å². The first-order chi connectivity index (χ1) is 15.0. The molecule has 31 heavy (non-hydrogen) atoms. The third-order valence-electron chi connectivity index (χ3n) is 6.02. The molecular formula is C23H21BrN4O3. The smallest absolute Gasteiger partial charge is 0.335 e. The largest absolute Gasteiger partial charge is 0.494 e. The third kappa shape index (κ3) is 3.14. The van der Waals surface area contributed by atoms with Crippen molar-refractivity contribution in [1.29, 1.82) is 0 Å². The van der Waals surface area contributed by atoms with Gasteiger partial charge in [-0.05, 0) is 48.9 Å². The molecule has 3 N–H and O–H groups in total. The highest BCUT2D eigenvalue weighted by atomic mass is 79.9. The Morgan fingerprint density at radius 1 is 1.10 bits per heavy atom. The number of hydrogen-bond acceptors (Lipinski definition) is 4. The van der Waals surface area contributed by atoms with Crippen LogP contribution in [0.15, 0.2) is 62.6 Å². The highest BCUT2D eigenvalue weighted by molar-refractivity contribution is 9.10. The second-order valence-electron chi connectivity index (χ2n) is 7.65. The van der Waals surface area contributed by atoms with Crippen LogP contribution in [0, 0.1) is 0 Å². The van der Waals surface area contributed by atoms with Crippen molar-refractivity contribution in [2.45, 2.75) is 19.4 Å². The molecule has 5 rings (SSSR count). The summed E-state index contributed by atoms with van der Waals surface area (Å²) >= 11 is 3.38. The van der Waals surface area contributed by atoms with Crippen LogP contribution in [0.25, 0.3) is 16.6 Å². The fourth-order valence-corrected chi connectivity index (χ4v) is 4.84. The van der Waals surface area contributed by atoms with Crippen LogP contribution in [0.1, 0.15) is 29.8 Å². The van der Waals surface area contributed by atoms with Gasteiger partial charge in [0.05, 0.1) is 11.7 Å². The summed E-state index contributed by atoms with van der Waals surface area (Å²) in [7, 11) is 0. The zero-order valence-corrected chi connectivity index (χ0v) is 18.4. The number of hydrogen-bond donors (Lipinski definition) is 3. The molecule has 1 aliphatic rings. The van der Waals surface area contributed by atoms with Crippen LogP contribution in [0.5, 0.6) is 5.88 Å². The number of aromatic nitrogens is 3. The lowest BCUT2D eigenvalue weighted by Gasteiger charge is -2.35. The summed E-state index contributed by atoms with van der Waals surface area (Å²) in [5.41, 5.74) is 2.40. The SMILES string of the molecule is CCN1CCc2c([nH]c3ccccc23)[C@H]1c1c(O)n(-c2ccc(Br)cc2)c(=O)[nH]c1=O. The van der Waals surface area contributed by atoms with Gasteiger partial charge in [-0.25, -0.2) is 9.36 Å². The summed E-state index contributed by atoms with van der Waals surface area (Å²) in [5, 5.41) is 12.4. The van der Waals surface area contributed by atoms with E-state index in [0.29, 0.717) is 12.2 Å². The summed E-state index contributed by atoms with van der Waals surface area (Å²) < 4.78 is 1.99. The molecule has 2 aromatic heterocycles. The Labute approximate surface area is 186 Å². The number of aromatic amines is 2. The van der Waals surface area contributed by atoms with Gasteiger partial charge < -0.3 is 10.1 Å². The molecule has 0 amide bonds. The molecule has 0 aliphatic carbocycles.